The van der Waals surface area contributed by atoms with Crippen LogP contribution >= 0.6 is 118 Å². The van der Waals surface area contributed by atoms with Gasteiger partial charge in [-0.25, -0.2) is 8.78 Å². The van der Waals surface area contributed by atoms with Gasteiger partial charge in [-0.1, -0.05) is 13.3 Å². The number of halogens is 15. The Labute approximate surface area is 579 Å². The van der Waals surface area contributed by atoms with Gasteiger partial charge in [0.2, 0.25) is 11.7 Å². The predicted octanol–water partition coefficient (Wildman–Crippen LogP) is 22.0. The average molecular weight is 1580 g/mol. The van der Waals surface area contributed by atoms with Crippen LogP contribution in [-0.2, 0) is 66.8 Å². The van der Waals surface area contributed by atoms with Crippen molar-refractivity contribution in [3.05, 3.63) is 154 Å². The van der Waals surface area contributed by atoms with Gasteiger partial charge in [0.05, 0.1) is 14.6 Å². The molecular formula is C56H42BrF14LiS16. The van der Waals surface area contributed by atoms with Crippen molar-refractivity contribution in [3.63, 3.8) is 0 Å². The van der Waals surface area contributed by atoms with Crippen LogP contribution in [0.5, 0.6) is 0 Å². The summed E-state index contributed by atoms with van der Waals surface area (Å²) in [5.41, 5.74) is -3.19. The summed E-state index contributed by atoms with van der Waals surface area (Å²) in [6.45, 7) is 17.5. The fourth-order valence-electron chi connectivity index (χ4n) is 8.01. The van der Waals surface area contributed by atoms with Crippen LogP contribution < -0.4 is 18.9 Å². The molecule has 0 saturated heterocycles. The van der Waals surface area contributed by atoms with E-state index in [0.717, 1.165) is 58.4 Å². The zero-order valence-corrected chi connectivity index (χ0v) is 61.1. The van der Waals surface area contributed by atoms with Gasteiger partial charge in [0.25, 0.3) is 0 Å². The van der Waals surface area contributed by atoms with Crippen molar-refractivity contribution in [1.82, 2.24) is 0 Å². The van der Waals surface area contributed by atoms with Gasteiger partial charge in [0.1, 0.15) is 0 Å². The van der Waals surface area contributed by atoms with E-state index in [1.165, 1.54) is 115 Å². The minimum absolute atomic E-state index is 0. The van der Waals surface area contributed by atoms with Crippen LogP contribution in [0.4, 0.5) is 61.5 Å². The Kier molecular flexibility index (Phi) is 26.5. The molecule has 0 N–H and O–H groups in total. The van der Waals surface area contributed by atoms with E-state index in [1.54, 1.807) is 50.9 Å². The Morgan fingerprint density at radius 3 is 0.909 bits per heavy atom. The van der Waals surface area contributed by atoms with Crippen LogP contribution in [0.3, 0.4) is 0 Å². The third-order valence-corrected chi connectivity index (χ3v) is 32.5. The minimum atomic E-state index is -6.06. The topological polar surface area (TPSA) is 0 Å². The van der Waals surface area contributed by atoms with Gasteiger partial charge < -0.3 is 6.92 Å². The molecule has 0 spiro atoms. The maximum atomic E-state index is 16.2. The Balaban J connectivity index is 0.000000233. The molecule has 0 nitrogen and oxygen atoms in total. The zero-order chi connectivity index (χ0) is 64.4. The Morgan fingerprint density at radius 1 is 0.398 bits per heavy atom. The van der Waals surface area contributed by atoms with Crippen LogP contribution in [0.25, 0.3) is 69.7 Å². The molecule has 9 aromatic rings. The molecule has 0 bridgehead atoms. The number of alkyl halides is 12. The third kappa shape index (κ3) is 15.7. The van der Waals surface area contributed by atoms with Crippen molar-refractivity contribution in [2.24, 2.45) is 0 Å². The largest absolute Gasteiger partial charge is 1.00 e. The first-order valence-electron chi connectivity index (χ1n) is 24.7. The van der Waals surface area contributed by atoms with Crippen molar-refractivity contribution in [2.75, 3.05) is 0 Å². The Hall–Kier alpha value is -1.58. The van der Waals surface area contributed by atoms with Crippen molar-refractivity contribution in [3.8, 4) is 58.5 Å². The molecule has 32 heteroatoms. The number of hydrogen-bond acceptors (Lipinski definition) is 11. The van der Waals surface area contributed by atoms with Crippen LogP contribution in [0.2, 0.25) is 0 Å². The molecule has 0 unspecified atom stereocenters. The second-order valence-corrected chi connectivity index (χ2v) is 39.1. The SMILES string of the molecule is Cc1ccc(-c2cc(Br)c(-c3ccc(C)s3)s2)s1.Cc1ccc(-c2cc(C3=C(c4cc(-c5ccc(C)s5)sc4-c4ccc(C)s4)C(F)(F)C(F)(F)C3(F)F)c(-c3ccc(C)s3)s2)s1.FC1=C(F)C(F)(F)C(F)(F)C1(F)F.S=S=S=S=S=S=S.[CH2-]CCC.[Li+]. The number of hydrogen-bond donors (Lipinski definition) is 0. The molecule has 0 fully saturated rings. The molecule has 0 aromatic carbocycles. The number of unbranched alkanes of at least 4 members (excludes halogenated alkanes) is 1. The van der Waals surface area contributed by atoms with Gasteiger partial charge in [-0.05, 0) is 148 Å². The van der Waals surface area contributed by atoms with Crippen LogP contribution in [0.15, 0.2) is 107 Å². The van der Waals surface area contributed by atoms with E-state index in [0.29, 0.717) is 19.5 Å². The first-order chi connectivity index (χ1) is 40.7. The molecule has 11 rings (SSSR count). The number of thiophene rings is 9. The zero-order valence-electron chi connectivity index (χ0n) is 46.5. The monoisotopic (exact) mass is 1580 g/mol. The van der Waals surface area contributed by atoms with Gasteiger partial charge in [-0.3, -0.25) is 0 Å². The van der Waals surface area contributed by atoms with E-state index in [1.807, 2.05) is 86.0 Å². The number of aryl methyl sites for hydroxylation is 6. The third-order valence-electron chi connectivity index (χ3n) is 12.2. The summed E-state index contributed by atoms with van der Waals surface area (Å²) in [4.78, 5) is 16.1. The summed E-state index contributed by atoms with van der Waals surface area (Å²) in [7, 11) is 7.36. The summed E-state index contributed by atoms with van der Waals surface area (Å²) in [6.07, 6.45) is 2.28. The summed E-state index contributed by atoms with van der Waals surface area (Å²) in [6, 6.07) is 28.3. The molecule has 0 radical (unpaired) electrons. The van der Waals surface area contributed by atoms with Crippen LogP contribution in [0.1, 0.15) is 60.2 Å². The molecule has 468 valence electrons. The normalized spacial score (nSPS) is 16.2. The van der Waals surface area contributed by atoms with Crippen LogP contribution in [-0.4, -0.2) is 35.5 Å². The molecule has 88 heavy (non-hydrogen) atoms. The van der Waals surface area contributed by atoms with Crippen molar-refractivity contribution >= 4 is 196 Å². The van der Waals surface area contributed by atoms with Crippen molar-refractivity contribution in [2.45, 2.75) is 96.8 Å². The first-order valence-corrected chi connectivity index (χ1v) is 40.8. The van der Waals surface area contributed by atoms with Gasteiger partial charge in [-0.2, -0.15) is 59.1 Å². The number of allylic oxidation sites excluding steroid dienone is 4. The maximum Gasteiger partial charge on any atom is 1.00 e. The van der Waals surface area contributed by atoms with E-state index in [9.17, 15) is 35.1 Å². The standard InChI is InChI=1S/C33H22F6S6.C14H11BrS3.C5F8.C4H9.Li.S7/c1-15-5-9-21(40-15)25-13-19(29(44-25)23-11-7-17(3)42-23)27-28(32(36,37)33(38,39)31(27,34)35)20-14-26(22-10-6-16(2)41-22)45-30(20)24-12-8-18(4)43-24;1-8-3-5-11(16-8)13-7-10(15)14(18-13)12-6-4-9(2)17-12;6-1-2(7)4(10,11)5(12,13)3(1,8)9;1-3-4-2;;1-3-5-7-6-4-2/h5-14H,1-4H3;3-7H,1-2H3;;1,3-4H2,2H3;;/q;;;-1;+1;. The molecule has 9 aromatic heterocycles. The second kappa shape index (κ2) is 30.9. The van der Waals surface area contributed by atoms with Gasteiger partial charge in [0, 0.05) is 167 Å². The van der Waals surface area contributed by atoms with E-state index in [4.69, 9.17) is 0 Å². The fourth-order valence-corrected chi connectivity index (χ4v) is 26.4. The van der Waals surface area contributed by atoms with Gasteiger partial charge in [-0.15, -0.1) is 102 Å². The van der Waals surface area contributed by atoms with Crippen molar-refractivity contribution in [1.29, 1.82) is 0 Å². The summed E-state index contributed by atoms with van der Waals surface area (Å²) in [5, 5.41) is 0. The molecular weight excluding hydrogens is 1540 g/mol. The van der Waals surface area contributed by atoms with Crippen LogP contribution in [0, 0.1) is 48.5 Å². The summed E-state index contributed by atoms with van der Waals surface area (Å²) in [5.74, 6) is -40.4. The first kappa shape index (κ1) is 75.4. The summed E-state index contributed by atoms with van der Waals surface area (Å²) >= 11 is 26.2. The molecule has 0 atom stereocenters. The minimum Gasteiger partial charge on any atom is -0.343 e. The van der Waals surface area contributed by atoms with E-state index >= 15 is 26.3 Å². The van der Waals surface area contributed by atoms with Gasteiger partial charge >= 0.3 is 54.4 Å². The fraction of sp³-hybridized carbons (Fsp3) is 0.268. The quantitative estimate of drug-likeness (QED) is 0.0803. The average Bonchev–Trinajstić information content (AvgIpc) is 1.58. The second-order valence-electron chi connectivity index (χ2n) is 18.5. The van der Waals surface area contributed by atoms with E-state index in [-0.39, 0.29) is 39.7 Å². The predicted molar refractivity (Wildman–Crippen MR) is 367 cm³/mol. The van der Waals surface area contributed by atoms with E-state index < -0.39 is 58.3 Å². The Morgan fingerprint density at radius 2 is 0.659 bits per heavy atom. The smallest absolute Gasteiger partial charge is 0.343 e. The molecule has 9 heterocycles. The molecule has 0 amide bonds. The molecule has 0 saturated carbocycles. The molecule has 2 aliphatic carbocycles. The van der Waals surface area contributed by atoms with Gasteiger partial charge in [0.15, 0.2) is 0 Å². The number of rotatable bonds is 9. The van der Waals surface area contributed by atoms with Crippen molar-refractivity contribution < 1.29 is 80.3 Å². The summed E-state index contributed by atoms with van der Waals surface area (Å²) < 4.78 is 193. The Bertz CT molecular complexity index is 4020. The molecule has 2 aliphatic rings. The molecule has 0 aliphatic heterocycles. The van der Waals surface area contributed by atoms with E-state index in [2.05, 4.69) is 96.3 Å². The maximum absolute atomic E-state index is 16.2.